The Morgan fingerprint density at radius 2 is 1.75 bits per heavy atom. The maximum absolute atomic E-state index is 10.5. The number of nitrogens with one attached hydrogen (secondary N) is 2. The van der Waals surface area contributed by atoms with E-state index in [9.17, 15) is 4.79 Å². The standard InChI is InChI=1S/C5H8N2O/c8-5-6-3-1-2-4(3)7-5/h3-4H,1-2H2,(H2,6,7,8)/t3-,4+. The van der Waals surface area contributed by atoms with Crippen LogP contribution in [0.2, 0.25) is 0 Å². The minimum absolute atomic E-state index is 0.0116. The molecule has 1 saturated heterocycles. The van der Waals surface area contributed by atoms with Gasteiger partial charge in [0.05, 0.1) is 12.1 Å². The molecule has 1 saturated carbocycles. The van der Waals surface area contributed by atoms with E-state index < -0.39 is 0 Å². The van der Waals surface area contributed by atoms with Crippen LogP contribution in [0, 0.1) is 0 Å². The quantitative estimate of drug-likeness (QED) is 0.449. The van der Waals surface area contributed by atoms with Crippen molar-refractivity contribution in [1.82, 2.24) is 10.6 Å². The Balaban J connectivity index is 2.10. The number of carbonyl (C=O) groups is 1. The van der Waals surface area contributed by atoms with Crippen molar-refractivity contribution < 1.29 is 4.79 Å². The first-order valence-corrected chi connectivity index (χ1v) is 2.93. The van der Waals surface area contributed by atoms with Crippen LogP contribution in [0.5, 0.6) is 0 Å². The lowest BCUT2D eigenvalue weighted by Gasteiger charge is -2.27. The van der Waals surface area contributed by atoms with Crippen molar-refractivity contribution in [2.75, 3.05) is 0 Å². The van der Waals surface area contributed by atoms with Gasteiger partial charge in [-0.05, 0) is 12.8 Å². The van der Waals surface area contributed by atoms with Crippen LogP contribution in [0.25, 0.3) is 0 Å². The fourth-order valence-corrected chi connectivity index (χ4v) is 1.22. The molecule has 0 aromatic heterocycles. The molecule has 1 aliphatic carbocycles. The fourth-order valence-electron chi connectivity index (χ4n) is 1.22. The molecule has 2 aliphatic rings. The molecule has 3 heteroatoms. The highest BCUT2D eigenvalue weighted by atomic mass is 16.2. The third kappa shape index (κ3) is 0.363. The number of carbonyl (C=O) groups excluding carboxylic acids is 1. The van der Waals surface area contributed by atoms with E-state index in [0.717, 1.165) is 12.8 Å². The van der Waals surface area contributed by atoms with Crippen molar-refractivity contribution in [2.45, 2.75) is 24.9 Å². The molecular formula is C5H8N2O. The molecule has 0 radical (unpaired) electrons. The predicted octanol–water partition coefficient (Wildman–Crippen LogP) is -0.170. The summed E-state index contributed by atoms with van der Waals surface area (Å²) in [4.78, 5) is 10.5. The summed E-state index contributed by atoms with van der Waals surface area (Å²) in [7, 11) is 0. The topological polar surface area (TPSA) is 41.1 Å². The van der Waals surface area contributed by atoms with Crippen LogP contribution >= 0.6 is 0 Å². The van der Waals surface area contributed by atoms with Gasteiger partial charge in [0.25, 0.3) is 0 Å². The van der Waals surface area contributed by atoms with Crippen LogP contribution in [-0.4, -0.2) is 18.1 Å². The Kier molecular flexibility index (Phi) is 0.604. The minimum Gasteiger partial charge on any atom is -0.333 e. The summed E-state index contributed by atoms with van der Waals surface area (Å²) in [6.45, 7) is 0. The first-order chi connectivity index (χ1) is 3.86. The SMILES string of the molecule is O=C1N[C@H]2CC[C@H]2N1. The molecule has 0 aromatic rings. The van der Waals surface area contributed by atoms with Gasteiger partial charge < -0.3 is 10.6 Å². The largest absolute Gasteiger partial charge is 0.333 e. The fraction of sp³-hybridized carbons (Fsp3) is 0.800. The van der Waals surface area contributed by atoms with Crippen molar-refractivity contribution in [1.29, 1.82) is 0 Å². The van der Waals surface area contributed by atoms with E-state index >= 15 is 0 Å². The molecular weight excluding hydrogens is 104 g/mol. The van der Waals surface area contributed by atoms with E-state index in [1.807, 2.05) is 0 Å². The van der Waals surface area contributed by atoms with E-state index in [2.05, 4.69) is 10.6 Å². The van der Waals surface area contributed by atoms with E-state index in [0.29, 0.717) is 12.1 Å². The summed E-state index contributed by atoms with van der Waals surface area (Å²) in [5.41, 5.74) is 0. The summed E-state index contributed by atoms with van der Waals surface area (Å²) in [6.07, 6.45) is 2.31. The second-order valence-corrected chi connectivity index (χ2v) is 2.41. The second kappa shape index (κ2) is 1.16. The first-order valence-electron chi connectivity index (χ1n) is 2.93. The average Bonchev–Trinajstić information content (AvgIpc) is 1.91. The maximum atomic E-state index is 10.5. The van der Waals surface area contributed by atoms with Crippen LogP contribution in [0.3, 0.4) is 0 Å². The summed E-state index contributed by atoms with van der Waals surface area (Å²) >= 11 is 0. The van der Waals surface area contributed by atoms with Crippen LogP contribution in [-0.2, 0) is 0 Å². The number of fused-ring (bicyclic) bond motifs is 1. The van der Waals surface area contributed by atoms with E-state index in [4.69, 9.17) is 0 Å². The number of hydrogen-bond donors (Lipinski definition) is 2. The molecule has 44 valence electrons. The van der Waals surface area contributed by atoms with E-state index in [1.165, 1.54) is 0 Å². The normalized spacial score (nSPS) is 41.8. The molecule has 0 aromatic carbocycles. The van der Waals surface area contributed by atoms with Gasteiger partial charge in [-0.2, -0.15) is 0 Å². The number of hydrogen-bond acceptors (Lipinski definition) is 1. The summed E-state index contributed by atoms with van der Waals surface area (Å²) in [5, 5.41) is 5.61. The lowest BCUT2D eigenvalue weighted by atomic mass is 9.88. The zero-order valence-electron chi connectivity index (χ0n) is 4.48. The molecule has 1 heterocycles. The first kappa shape index (κ1) is 4.18. The smallest absolute Gasteiger partial charge is 0.315 e. The molecule has 2 fully saturated rings. The lowest BCUT2D eigenvalue weighted by molar-refractivity contribution is 0.247. The monoisotopic (exact) mass is 112 g/mol. The van der Waals surface area contributed by atoms with Gasteiger partial charge in [0.15, 0.2) is 0 Å². The average molecular weight is 112 g/mol. The van der Waals surface area contributed by atoms with Gasteiger partial charge >= 0.3 is 6.03 Å². The third-order valence-corrected chi connectivity index (χ3v) is 1.91. The molecule has 3 nitrogen and oxygen atoms in total. The van der Waals surface area contributed by atoms with E-state index in [-0.39, 0.29) is 6.03 Å². The Labute approximate surface area is 47.4 Å². The molecule has 0 bridgehead atoms. The third-order valence-electron chi connectivity index (χ3n) is 1.91. The van der Waals surface area contributed by atoms with Gasteiger partial charge in [-0.15, -0.1) is 0 Å². The second-order valence-electron chi connectivity index (χ2n) is 2.41. The molecule has 1 aliphatic heterocycles. The Hall–Kier alpha value is -0.730. The highest BCUT2D eigenvalue weighted by molar-refractivity contribution is 5.77. The van der Waals surface area contributed by atoms with Crippen LogP contribution in [0.1, 0.15) is 12.8 Å². The molecule has 2 N–H and O–H groups in total. The molecule has 8 heavy (non-hydrogen) atoms. The van der Waals surface area contributed by atoms with Gasteiger partial charge in [0, 0.05) is 0 Å². The van der Waals surface area contributed by atoms with Crippen molar-refractivity contribution >= 4 is 6.03 Å². The highest BCUT2D eigenvalue weighted by Crippen LogP contribution is 2.22. The predicted molar refractivity (Wildman–Crippen MR) is 28.5 cm³/mol. The lowest BCUT2D eigenvalue weighted by Crippen LogP contribution is -2.42. The molecule has 0 spiro atoms. The van der Waals surface area contributed by atoms with Gasteiger partial charge in [0.1, 0.15) is 0 Å². The van der Waals surface area contributed by atoms with Gasteiger partial charge in [-0.1, -0.05) is 0 Å². The van der Waals surface area contributed by atoms with Crippen LogP contribution < -0.4 is 10.6 Å². The highest BCUT2D eigenvalue weighted by Gasteiger charge is 2.38. The zero-order chi connectivity index (χ0) is 5.56. The van der Waals surface area contributed by atoms with Crippen molar-refractivity contribution in [3.05, 3.63) is 0 Å². The summed E-state index contributed by atoms with van der Waals surface area (Å²) in [5.74, 6) is 0. The van der Waals surface area contributed by atoms with E-state index in [1.54, 1.807) is 0 Å². The van der Waals surface area contributed by atoms with Crippen LogP contribution in [0.15, 0.2) is 0 Å². The number of rotatable bonds is 0. The van der Waals surface area contributed by atoms with Gasteiger partial charge in [0.2, 0.25) is 0 Å². The van der Waals surface area contributed by atoms with Gasteiger partial charge in [-0.25, -0.2) is 4.79 Å². The molecule has 2 amide bonds. The minimum atomic E-state index is 0.0116. The maximum Gasteiger partial charge on any atom is 0.315 e. The molecule has 2 atom stereocenters. The summed E-state index contributed by atoms with van der Waals surface area (Å²) in [6, 6.07) is 0.933. The Morgan fingerprint density at radius 1 is 1.25 bits per heavy atom. The Morgan fingerprint density at radius 3 is 2.00 bits per heavy atom. The van der Waals surface area contributed by atoms with Gasteiger partial charge in [-0.3, -0.25) is 0 Å². The van der Waals surface area contributed by atoms with Crippen LogP contribution in [0.4, 0.5) is 4.79 Å². The Bertz CT molecular complexity index is 120. The summed E-state index contributed by atoms with van der Waals surface area (Å²) < 4.78 is 0. The van der Waals surface area contributed by atoms with Crippen molar-refractivity contribution in [3.63, 3.8) is 0 Å². The van der Waals surface area contributed by atoms with Crippen molar-refractivity contribution in [3.8, 4) is 0 Å². The van der Waals surface area contributed by atoms with Crippen molar-refractivity contribution in [2.24, 2.45) is 0 Å². The molecule has 0 unspecified atom stereocenters. The number of amides is 2. The number of urea groups is 1. The zero-order valence-corrected chi connectivity index (χ0v) is 4.48. The molecule has 2 rings (SSSR count).